The maximum absolute atomic E-state index is 12.6. The highest BCUT2D eigenvalue weighted by molar-refractivity contribution is 7.47. The molecule has 0 aromatic carbocycles. The van der Waals surface area contributed by atoms with Gasteiger partial charge in [0.2, 0.25) is 0 Å². The third kappa shape index (κ3) is 41.4. The molecule has 0 rings (SSSR count). The highest BCUT2D eigenvalue weighted by Crippen LogP contribution is 2.43. The second-order valence-electron chi connectivity index (χ2n) is 14.2. The maximum Gasteiger partial charge on any atom is 0.472 e. The quantitative estimate of drug-likeness (QED) is 0.0273. The summed E-state index contributed by atoms with van der Waals surface area (Å²) in [6, 6.07) is 0. The van der Waals surface area contributed by atoms with Gasteiger partial charge in [0.25, 0.3) is 0 Å². The first-order valence-electron chi connectivity index (χ1n) is 21.8. The van der Waals surface area contributed by atoms with Crippen LogP contribution in [0.25, 0.3) is 0 Å². The van der Waals surface area contributed by atoms with Gasteiger partial charge in [-0.1, -0.05) is 184 Å². The van der Waals surface area contributed by atoms with Crippen LogP contribution in [0.15, 0.2) is 60.8 Å². The fraction of sp³-hybridized carbons (Fsp3) is 0.756. The summed E-state index contributed by atoms with van der Waals surface area (Å²) in [6.07, 6.45) is 51.1. The highest BCUT2D eigenvalue weighted by atomic mass is 31.2. The molecule has 0 aliphatic rings. The summed E-state index contributed by atoms with van der Waals surface area (Å²) in [5, 5.41) is 0. The SMILES string of the molecule is CC/C=C\C/C=C\C/C=C\C/C=C\C/C=C\CCCC(=O)OC(COCCCCCCCCCCCCCCCCCCCC)COP(=O)(O)OCCN. The van der Waals surface area contributed by atoms with E-state index in [0.29, 0.717) is 13.0 Å². The molecule has 8 nitrogen and oxygen atoms in total. The van der Waals surface area contributed by atoms with Crippen molar-refractivity contribution in [2.24, 2.45) is 5.73 Å². The predicted molar refractivity (Wildman–Crippen MR) is 229 cm³/mol. The normalized spacial score (nSPS) is 14.1. The molecule has 0 aromatic heterocycles. The molecule has 2 atom stereocenters. The molecule has 3 N–H and O–H groups in total. The predicted octanol–water partition coefficient (Wildman–Crippen LogP) is 13.0. The summed E-state index contributed by atoms with van der Waals surface area (Å²) in [6.45, 7) is 4.74. The number of nitrogens with two attached hydrogens (primary N) is 1. The molecule has 0 saturated heterocycles. The summed E-state index contributed by atoms with van der Waals surface area (Å²) < 4.78 is 33.4. The summed E-state index contributed by atoms with van der Waals surface area (Å²) in [4.78, 5) is 22.4. The van der Waals surface area contributed by atoms with Gasteiger partial charge >= 0.3 is 13.8 Å². The zero-order valence-corrected chi connectivity index (χ0v) is 35.6. The van der Waals surface area contributed by atoms with Crippen LogP contribution in [0, 0.1) is 0 Å². The standard InChI is InChI=1S/C45H82NO7P/c1-3-5-7-9-11-13-15-17-19-21-23-25-27-29-31-33-35-37-40-50-42-44(43-52-54(48,49)51-41-39-46)53-45(47)38-36-34-32-30-28-26-24-22-20-18-16-14-12-10-8-6-4-2/h6,8,12,14,18,20,24,26,30,32,44H,3-5,7,9-11,13,15-17,19,21-23,25,27-29,31,33-43,46H2,1-2H3,(H,48,49)/b8-6-,14-12-,20-18-,26-24-,32-30-. The number of hydrogen-bond acceptors (Lipinski definition) is 7. The molecule has 2 unspecified atom stereocenters. The Morgan fingerprint density at radius 2 is 1.02 bits per heavy atom. The van der Waals surface area contributed by atoms with E-state index >= 15 is 0 Å². The number of carbonyl (C=O) groups is 1. The maximum atomic E-state index is 12.6. The molecule has 0 amide bonds. The molecule has 0 aliphatic carbocycles. The largest absolute Gasteiger partial charge is 0.472 e. The lowest BCUT2D eigenvalue weighted by Gasteiger charge is -2.20. The average Bonchev–Trinajstić information content (AvgIpc) is 3.16. The minimum Gasteiger partial charge on any atom is -0.457 e. The van der Waals surface area contributed by atoms with Gasteiger partial charge in [-0.05, 0) is 51.4 Å². The summed E-state index contributed by atoms with van der Waals surface area (Å²) in [5.41, 5.74) is 5.36. The van der Waals surface area contributed by atoms with E-state index in [4.69, 9.17) is 24.3 Å². The van der Waals surface area contributed by atoms with Gasteiger partial charge in [0.15, 0.2) is 0 Å². The van der Waals surface area contributed by atoms with Crippen LogP contribution in [0.4, 0.5) is 0 Å². The molecule has 0 fully saturated rings. The first-order chi connectivity index (χ1) is 26.4. The van der Waals surface area contributed by atoms with Gasteiger partial charge in [0, 0.05) is 19.6 Å². The van der Waals surface area contributed by atoms with Gasteiger partial charge in [-0.15, -0.1) is 0 Å². The number of unbranched alkanes of at least 4 members (excludes halogenated alkanes) is 18. The second-order valence-corrected chi connectivity index (χ2v) is 15.6. The van der Waals surface area contributed by atoms with E-state index in [0.717, 1.165) is 51.4 Å². The van der Waals surface area contributed by atoms with Crippen LogP contribution >= 0.6 is 7.82 Å². The first-order valence-corrected chi connectivity index (χ1v) is 23.3. The number of carbonyl (C=O) groups excluding carboxylic acids is 1. The lowest BCUT2D eigenvalue weighted by atomic mass is 10.0. The molecule has 0 saturated carbocycles. The Morgan fingerprint density at radius 3 is 1.48 bits per heavy atom. The minimum absolute atomic E-state index is 0.0900. The van der Waals surface area contributed by atoms with Crippen LogP contribution in [0.3, 0.4) is 0 Å². The van der Waals surface area contributed by atoms with Crippen molar-refractivity contribution in [1.29, 1.82) is 0 Å². The van der Waals surface area contributed by atoms with E-state index in [1.54, 1.807) is 0 Å². The van der Waals surface area contributed by atoms with Crippen LogP contribution in [-0.2, 0) is 27.9 Å². The first kappa shape index (κ1) is 52.2. The van der Waals surface area contributed by atoms with Crippen molar-refractivity contribution in [2.45, 2.75) is 187 Å². The van der Waals surface area contributed by atoms with Crippen LogP contribution in [0.2, 0.25) is 0 Å². The lowest BCUT2D eigenvalue weighted by Crippen LogP contribution is -2.28. The van der Waals surface area contributed by atoms with Crippen LogP contribution in [0.1, 0.15) is 181 Å². The average molecular weight is 780 g/mol. The number of phosphoric acid groups is 1. The number of ether oxygens (including phenoxy) is 2. The monoisotopic (exact) mass is 780 g/mol. The Bertz CT molecular complexity index is 1010. The van der Waals surface area contributed by atoms with E-state index < -0.39 is 13.9 Å². The van der Waals surface area contributed by atoms with E-state index in [1.807, 2.05) is 0 Å². The third-order valence-corrected chi connectivity index (χ3v) is 9.93. The minimum atomic E-state index is -4.29. The third-order valence-electron chi connectivity index (χ3n) is 8.95. The van der Waals surface area contributed by atoms with Gasteiger partial charge in [0.05, 0.1) is 19.8 Å². The van der Waals surface area contributed by atoms with Crippen molar-refractivity contribution in [1.82, 2.24) is 0 Å². The summed E-state index contributed by atoms with van der Waals surface area (Å²) >= 11 is 0. The van der Waals surface area contributed by atoms with Gasteiger partial charge in [-0.2, -0.15) is 0 Å². The Morgan fingerprint density at radius 1 is 0.574 bits per heavy atom. The zero-order chi connectivity index (χ0) is 39.5. The van der Waals surface area contributed by atoms with Crippen molar-refractivity contribution in [3.05, 3.63) is 60.8 Å². The Kier molecular flexibility index (Phi) is 40.9. The van der Waals surface area contributed by atoms with E-state index in [9.17, 15) is 14.3 Å². The molecule has 0 aliphatic heterocycles. The molecular weight excluding hydrogens is 697 g/mol. The van der Waals surface area contributed by atoms with E-state index in [2.05, 4.69) is 74.6 Å². The molecule has 0 heterocycles. The lowest BCUT2D eigenvalue weighted by molar-refractivity contribution is -0.154. The number of phosphoric ester groups is 1. The Labute approximate surface area is 332 Å². The summed E-state index contributed by atoms with van der Waals surface area (Å²) in [7, 11) is -4.29. The molecule has 0 spiro atoms. The smallest absolute Gasteiger partial charge is 0.457 e. The molecule has 314 valence electrons. The fourth-order valence-electron chi connectivity index (χ4n) is 5.80. The van der Waals surface area contributed by atoms with Crippen LogP contribution < -0.4 is 5.73 Å². The van der Waals surface area contributed by atoms with Crippen molar-refractivity contribution in [3.8, 4) is 0 Å². The van der Waals surface area contributed by atoms with Crippen molar-refractivity contribution in [2.75, 3.05) is 33.0 Å². The highest BCUT2D eigenvalue weighted by Gasteiger charge is 2.25. The van der Waals surface area contributed by atoms with Gasteiger partial charge in [0.1, 0.15) is 6.10 Å². The molecule has 9 heteroatoms. The van der Waals surface area contributed by atoms with Crippen molar-refractivity contribution < 1.29 is 32.8 Å². The molecule has 54 heavy (non-hydrogen) atoms. The molecule has 0 bridgehead atoms. The van der Waals surface area contributed by atoms with Crippen molar-refractivity contribution in [3.63, 3.8) is 0 Å². The van der Waals surface area contributed by atoms with Crippen LogP contribution in [-0.4, -0.2) is 49.9 Å². The molecular formula is C45H82NO7P. The number of rotatable bonds is 41. The van der Waals surface area contributed by atoms with Gasteiger partial charge in [-0.25, -0.2) is 4.57 Å². The fourth-order valence-corrected chi connectivity index (χ4v) is 6.56. The molecule has 0 aromatic rings. The number of allylic oxidation sites excluding steroid dienone is 10. The molecule has 0 radical (unpaired) electrons. The van der Waals surface area contributed by atoms with Gasteiger partial charge in [-0.3, -0.25) is 13.8 Å². The van der Waals surface area contributed by atoms with Gasteiger partial charge < -0.3 is 20.1 Å². The number of esters is 1. The Balaban J connectivity index is 4.11. The second kappa shape index (κ2) is 42.3. The van der Waals surface area contributed by atoms with Crippen molar-refractivity contribution >= 4 is 13.8 Å². The van der Waals surface area contributed by atoms with E-state index in [1.165, 1.54) is 103 Å². The Hall–Kier alpha value is -1.80. The van der Waals surface area contributed by atoms with Crippen LogP contribution in [0.5, 0.6) is 0 Å². The summed E-state index contributed by atoms with van der Waals surface area (Å²) in [5.74, 6) is -0.386. The number of hydrogen-bond donors (Lipinski definition) is 2. The van der Waals surface area contributed by atoms with E-state index in [-0.39, 0.29) is 38.8 Å². The zero-order valence-electron chi connectivity index (χ0n) is 34.7. The topological polar surface area (TPSA) is 117 Å².